The van der Waals surface area contributed by atoms with Gasteiger partial charge in [0.1, 0.15) is 0 Å². The molecule has 1 aromatic carbocycles. The summed E-state index contributed by atoms with van der Waals surface area (Å²) in [5.41, 5.74) is 3.98. The van der Waals surface area contributed by atoms with Crippen molar-refractivity contribution in [3.8, 4) is 0 Å². The molecule has 3 atom stereocenters. The Morgan fingerprint density at radius 3 is 2.84 bits per heavy atom. The van der Waals surface area contributed by atoms with Crippen LogP contribution in [0.5, 0.6) is 0 Å². The largest absolute Gasteiger partial charge is 0.271 e. The molecular weight excluding hydrogens is 279 g/mol. The van der Waals surface area contributed by atoms with E-state index in [4.69, 9.17) is 29.0 Å². The number of rotatable bonds is 4. The molecule has 3 unspecified atom stereocenters. The Bertz CT molecular complexity index is 423. The van der Waals surface area contributed by atoms with Crippen LogP contribution in [0, 0.1) is 11.8 Å². The number of hydrogen-bond acceptors (Lipinski definition) is 2. The molecule has 19 heavy (non-hydrogen) atoms. The zero-order valence-corrected chi connectivity index (χ0v) is 12.8. The maximum Gasteiger partial charge on any atom is 0.0640 e. The van der Waals surface area contributed by atoms with Crippen molar-refractivity contribution in [1.82, 2.24) is 5.43 Å². The van der Waals surface area contributed by atoms with Gasteiger partial charge in [-0.25, -0.2) is 0 Å². The Balaban J connectivity index is 2.21. The minimum Gasteiger partial charge on any atom is -0.271 e. The van der Waals surface area contributed by atoms with Crippen LogP contribution in [0.2, 0.25) is 10.0 Å². The predicted molar refractivity (Wildman–Crippen MR) is 82.3 cm³/mol. The number of benzene rings is 1. The van der Waals surface area contributed by atoms with Gasteiger partial charge >= 0.3 is 0 Å². The average molecular weight is 301 g/mol. The Morgan fingerprint density at radius 2 is 2.16 bits per heavy atom. The third-order valence-electron chi connectivity index (χ3n) is 4.37. The van der Waals surface area contributed by atoms with Crippen molar-refractivity contribution in [3.05, 3.63) is 33.8 Å². The number of nitrogens with one attached hydrogen (secondary N) is 1. The maximum absolute atomic E-state index is 6.33. The number of hydrogen-bond donors (Lipinski definition) is 2. The highest BCUT2D eigenvalue weighted by Gasteiger charge is 2.29. The molecule has 1 fully saturated rings. The van der Waals surface area contributed by atoms with Gasteiger partial charge in [-0.05, 0) is 36.3 Å². The van der Waals surface area contributed by atoms with Gasteiger partial charge in [0.15, 0.2) is 0 Å². The second-order valence-corrected chi connectivity index (χ2v) is 6.27. The molecule has 0 spiro atoms. The smallest absolute Gasteiger partial charge is 0.0640 e. The summed E-state index contributed by atoms with van der Waals surface area (Å²) in [6.07, 6.45) is 6.28. The molecule has 0 amide bonds. The molecule has 2 nitrogen and oxygen atoms in total. The van der Waals surface area contributed by atoms with Crippen LogP contribution in [0.4, 0.5) is 0 Å². The quantitative estimate of drug-likeness (QED) is 0.624. The van der Waals surface area contributed by atoms with Crippen LogP contribution in [0.3, 0.4) is 0 Å². The lowest BCUT2D eigenvalue weighted by molar-refractivity contribution is 0.210. The van der Waals surface area contributed by atoms with Gasteiger partial charge in [-0.2, -0.15) is 0 Å². The number of hydrazine groups is 1. The van der Waals surface area contributed by atoms with Gasteiger partial charge in [-0.3, -0.25) is 11.3 Å². The van der Waals surface area contributed by atoms with Gasteiger partial charge in [0.05, 0.1) is 16.1 Å². The Hall–Kier alpha value is -0.280. The molecule has 0 heterocycles. The van der Waals surface area contributed by atoms with Crippen LogP contribution in [0.25, 0.3) is 0 Å². The lowest BCUT2D eigenvalue weighted by Crippen LogP contribution is -2.36. The van der Waals surface area contributed by atoms with E-state index < -0.39 is 0 Å². The summed E-state index contributed by atoms with van der Waals surface area (Å²) in [5.74, 6) is 7.14. The van der Waals surface area contributed by atoms with E-state index in [1.165, 1.54) is 32.1 Å². The van der Waals surface area contributed by atoms with E-state index in [1.54, 1.807) is 0 Å². The summed E-state index contributed by atoms with van der Waals surface area (Å²) in [6, 6.07) is 5.87. The molecule has 0 aromatic heterocycles. The molecule has 1 aliphatic carbocycles. The summed E-state index contributed by atoms with van der Waals surface area (Å²) in [4.78, 5) is 0. The number of nitrogens with two attached hydrogens (primary N) is 1. The van der Waals surface area contributed by atoms with Crippen LogP contribution >= 0.6 is 23.2 Å². The van der Waals surface area contributed by atoms with Gasteiger partial charge in [-0.15, -0.1) is 0 Å². The SMILES string of the molecule is CCC1CCCC(C(NN)c2cccc(Cl)c2Cl)C1. The molecule has 1 aromatic rings. The van der Waals surface area contributed by atoms with Crippen molar-refractivity contribution in [2.75, 3.05) is 0 Å². The molecule has 0 saturated heterocycles. The normalized spacial score (nSPS) is 25.3. The van der Waals surface area contributed by atoms with Crippen molar-refractivity contribution in [2.45, 2.75) is 45.1 Å². The van der Waals surface area contributed by atoms with Crippen molar-refractivity contribution in [1.29, 1.82) is 0 Å². The zero-order chi connectivity index (χ0) is 13.8. The highest BCUT2D eigenvalue weighted by atomic mass is 35.5. The molecule has 0 radical (unpaired) electrons. The first-order valence-electron chi connectivity index (χ1n) is 7.07. The summed E-state index contributed by atoms with van der Waals surface area (Å²) >= 11 is 12.4. The highest BCUT2D eigenvalue weighted by Crippen LogP contribution is 2.41. The standard InChI is InChI=1S/C15H22Cl2N2/c1-2-10-5-3-6-11(9-10)15(19-18)12-7-4-8-13(16)14(12)17/h4,7-8,10-11,15,19H,2-3,5-6,9,18H2,1H3. The van der Waals surface area contributed by atoms with Crippen LogP contribution in [-0.4, -0.2) is 0 Å². The first-order chi connectivity index (χ1) is 9.17. The van der Waals surface area contributed by atoms with Gasteiger partial charge in [0.2, 0.25) is 0 Å². The summed E-state index contributed by atoms with van der Waals surface area (Å²) in [5, 5.41) is 1.23. The van der Waals surface area contributed by atoms with Crippen molar-refractivity contribution >= 4 is 23.2 Å². The van der Waals surface area contributed by atoms with Crippen molar-refractivity contribution in [2.24, 2.45) is 17.7 Å². The van der Waals surface area contributed by atoms with Crippen molar-refractivity contribution < 1.29 is 0 Å². The summed E-state index contributed by atoms with van der Waals surface area (Å²) < 4.78 is 0. The summed E-state index contributed by atoms with van der Waals surface area (Å²) in [6.45, 7) is 2.27. The first kappa shape index (κ1) is 15.1. The predicted octanol–water partition coefficient (Wildman–Crippen LogP) is 4.71. The molecule has 2 rings (SSSR count). The van der Waals surface area contributed by atoms with Crippen LogP contribution < -0.4 is 11.3 Å². The average Bonchev–Trinajstić information content (AvgIpc) is 2.44. The van der Waals surface area contributed by atoms with Crippen LogP contribution in [0.1, 0.15) is 50.6 Å². The maximum atomic E-state index is 6.33. The fraction of sp³-hybridized carbons (Fsp3) is 0.600. The van der Waals surface area contributed by atoms with Crippen LogP contribution in [-0.2, 0) is 0 Å². The molecule has 3 N–H and O–H groups in total. The lowest BCUT2D eigenvalue weighted by Gasteiger charge is -2.34. The molecule has 0 aliphatic heterocycles. The third-order valence-corrected chi connectivity index (χ3v) is 5.20. The topological polar surface area (TPSA) is 38.0 Å². The fourth-order valence-electron chi connectivity index (χ4n) is 3.25. The van der Waals surface area contributed by atoms with Crippen molar-refractivity contribution in [3.63, 3.8) is 0 Å². The lowest BCUT2D eigenvalue weighted by atomic mass is 9.75. The van der Waals surface area contributed by atoms with Gasteiger partial charge in [0.25, 0.3) is 0 Å². The van der Waals surface area contributed by atoms with E-state index in [2.05, 4.69) is 12.3 Å². The second-order valence-electron chi connectivity index (χ2n) is 5.49. The monoisotopic (exact) mass is 300 g/mol. The van der Waals surface area contributed by atoms with E-state index in [0.29, 0.717) is 16.0 Å². The Kier molecular flexibility index (Phi) is 5.52. The minimum absolute atomic E-state index is 0.0977. The summed E-state index contributed by atoms with van der Waals surface area (Å²) in [7, 11) is 0. The van der Waals surface area contributed by atoms with E-state index in [0.717, 1.165) is 11.5 Å². The molecule has 1 saturated carbocycles. The minimum atomic E-state index is 0.0977. The zero-order valence-electron chi connectivity index (χ0n) is 11.3. The molecular formula is C15H22Cl2N2. The van der Waals surface area contributed by atoms with Gasteiger partial charge < -0.3 is 0 Å². The third kappa shape index (κ3) is 3.43. The second kappa shape index (κ2) is 6.94. The van der Waals surface area contributed by atoms with Crippen LogP contribution in [0.15, 0.2) is 18.2 Å². The molecule has 1 aliphatic rings. The first-order valence-corrected chi connectivity index (χ1v) is 7.83. The van der Waals surface area contributed by atoms with E-state index in [1.807, 2.05) is 18.2 Å². The fourth-order valence-corrected chi connectivity index (χ4v) is 3.67. The number of halogens is 2. The Morgan fingerprint density at radius 1 is 1.37 bits per heavy atom. The van der Waals surface area contributed by atoms with E-state index >= 15 is 0 Å². The molecule has 0 bridgehead atoms. The van der Waals surface area contributed by atoms with Gasteiger partial charge in [0, 0.05) is 0 Å². The van der Waals surface area contributed by atoms with Gasteiger partial charge in [-0.1, -0.05) is 61.5 Å². The van der Waals surface area contributed by atoms with E-state index in [-0.39, 0.29) is 6.04 Å². The Labute approximate surface area is 125 Å². The highest BCUT2D eigenvalue weighted by molar-refractivity contribution is 6.42. The molecule has 106 valence electrons. The molecule has 4 heteroatoms. The van der Waals surface area contributed by atoms with E-state index in [9.17, 15) is 0 Å².